The highest BCUT2D eigenvalue weighted by Gasteiger charge is 2.12. The van der Waals surface area contributed by atoms with Crippen molar-refractivity contribution in [3.63, 3.8) is 0 Å². The first-order valence-corrected chi connectivity index (χ1v) is 8.75. The smallest absolute Gasteiger partial charge is 0.287 e. The van der Waals surface area contributed by atoms with Crippen LogP contribution in [0, 0.1) is 0 Å². The summed E-state index contributed by atoms with van der Waals surface area (Å²) in [6.07, 6.45) is 6.73. The van der Waals surface area contributed by atoms with E-state index in [1.807, 2.05) is 30.3 Å². The number of fused-ring (bicyclic) bond motifs is 1. The van der Waals surface area contributed by atoms with Crippen LogP contribution in [-0.4, -0.2) is 20.9 Å². The molecule has 0 aliphatic rings. The van der Waals surface area contributed by atoms with Crippen LogP contribution >= 0.6 is 11.8 Å². The van der Waals surface area contributed by atoms with Gasteiger partial charge in [-0.15, -0.1) is 0 Å². The van der Waals surface area contributed by atoms with Crippen LogP contribution in [0.1, 0.15) is 16.4 Å². The number of carbonyl (C=O) groups is 1. The Bertz CT molecular complexity index is 999. The fraction of sp³-hybridized carbons (Fsp3) is 0.0526. The van der Waals surface area contributed by atoms with E-state index in [1.165, 1.54) is 0 Å². The molecule has 4 aromatic rings. The van der Waals surface area contributed by atoms with Gasteiger partial charge in [-0.05, 0) is 24.3 Å². The van der Waals surface area contributed by atoms with Gasteiger partial charge in [-0.1, -0.05) is 30.0 Å². The zero-order valence-electron chi connectivity index (χ0n) is 13.6. The Hall–Kier alpha value is -3.19. The molecule has 7 heteroatoms. The molecule has 0 fully saturated rings. The van der Waals surface area contributed by atoms with Crippen molar-refractivity contribution < 1.29 is 9.21 Å². The van der Waals surface area contributed by atoms with Crippen LogP contribution in [0.15, 0.2) is 81.5 Å². The van der Waals surface area contributed by atoms with Crippen molar-refractivity contribution in [1.29, 1.82) is 0 Å². The number of amides is 1. The minimum Gasteiger partial charge on any atom is -0.449 e. The molecule has 1 aromatic carbocycles. The van der Waals surface area contributed by atoms with Gasteiger partial charge in [-0.2, -0.15) is 0 Å². The number of nitrogens with zero attached hydrogens (tertiary/aromatic N) is 3. The SMILES string of the molecule is O=C(NCc1ncc(Sc2ccccc2)cn1)c1cc2ccncc2o1. The second kappa shape index (κ2) is 7.37. The number of nitrogens with one attached hydrogen (secondary N) is 1. The van der Waals surface area contributed by atoms with Gasteiger partial charge in [0.1, 0.15) is 5.82 Å². The molecule has 0 aliphatic heterocycles. The van der Waals surface area contributed by atoms with Crippen molar-refractivity contribution in [1.82, 2.24) is 20.3 Å². The van der Waals surface area contributed by atoms with Gasteiger partial charge >= 0.3 is 0 Å². The molecule has 3 aromatic heterocycles. The molecule has 0 aliphatic carbocycles. The number of benzene rings is 1. The van der Waals surface area contributed by atoms with Crippen LogP contribution in [0.5, 0.6) is 0 Å². The summed E-state index contributed by atoms with van der Waals surface area (Å²) in [5.41, 5.74) is 0.580. The van der Waals surface area contributed by atoms with Crippen LogP contribution in [0.3, 0.4) is 0 Å². The van der Waals surface area contributed by atoms with E-state index in [0.717, 1.165) is 15.2 Å². The van der Waals surface area contributed by atoms with Crippen molar-refractivity contribution in [2.24, 2.45) is 0 Å². The van der Waals surface area contributed by atoms with E-state index in [2.05, 4.69) is 20.3 Å². The number of furan rings is 1. The number of rotatable bonds is 5. The molecular weight excluding hydrogens is 348 g/mol. The summed E-state index contributed by atoms with van der Waals surface area (Å²) in [5, 5.41) is 3.60. The zero-order chi connectivity index (χ0) is 17.8. The number of carbonyl (C=O) groups excluding carboxylic acids is 1. The first-order valence-electron chi connectivity index (χ1n) is 7.93. The summed E-state index contributed by atoms with van der Waals surface area (Å²) in [6, 6.07) is 13.5. The molecule has 0 radical (unpaired) electrons. The monoisotopic (exact) mass is 362 g/mol. The van der Waals surface area contributed by atoms with Gasteiger partial charge in [0.05, 0.1) is 12.7 Å². The summed E-state index contributed by atoms with van der Waals surface area (Å²) in [5.74, 6) is 0.463. The van der Waals surface area contributed by atoms with Crippen molar-refractivity contribution in [2.45, 2.75) is 16.3 Å². The second-order valence-corrected chi connectivity index (χ2v) is 6.60. The molecule has 4 rings (SSSR count). The van der Waals surface area contributed by atoms with Crippen molar-refractivity contribution in [3.05, 3.63) is 78.8 Å². The average molecular weight is 362 g/mol. The lowest BCUT2D eigenvalue weighted by Crippen LogP contribution is -2.23. The summed E-state index contributed by atoms with van der Waals surface area (Å²) in [7, 11) is 0. The van der Waals surface area contributed by atoms with Crippen LogP contribution in [0.4, 0.5) is 0 Å². The molecule has 1 amide bonds. The minimum atomic E-state index is -0.312. The normalized spacial score (nSPS) is 10.8. The molecule has 128 valence electrons. The van der Waals surface area contributed by atoms with Gasteiger partial charge in [0, 0.05) is 33.8 Å². The number of aromatic nitrogens is 3. The highest BCUT2D eigenvalue weighted by atomic mass is 32.2. The molecule has 0 saturated carbocycles. The number of hydrogen-bond acceptors (Lipinski definition) is 6. The predicted molar refractivity (Wildman–Crippen MR) is 97.8 cm³/mol. The lowest BCUT2D eigenvalue weighted by molar-refractivity contribution is 0.0924. The minimum absolute atomic E-state index is 0.227. The molecule has 0 saturated heterocycles. The molecular formula is C19H14N4O2S. The van der Waals surface area contributed by atoms with E-state index in [0.29, 0.717) is 11.4 Å². The van der Waals surface area contributed by atoms with Gasteiger partial charge in [-0.25, -0.2) is 9.97 Å². The first-order chi connectivity index (χ1) is 12.8. The van der Waals surface area contributed by atoms with Gasteiger partial charge in [0.25, 0.3) is 5.91 Å². The summed E-state index contributed by atoms with van der Waals surface area (Å²) < 4.78 is 5.49. The predicted octanol–water partition coefficient (Wildman–Crippen LogP) is 3.70. The Morgan fingerprint density at radius 2 is 1.85 bits per heavy atom. The average Bonchev–Trinajstić information content (AvgIpc) is 3.12. The zero-order valence-corrected chi connectivity index (χ0v) is 14.4. The fourth-order valence-corrected chi connectivity index (χ4v) is 3.13. The van der Waals surface area contributed by atoms with E-state index >= 15 is 0 Å². The second-order valence-electron chi connectivity index (χ2n) is 5.46. The van der Waals surface area contributed by atoms with E-state index in [1.54, 1.807) is 48.7 Å². The van der Waals surface area contributed by atoms with Crippen LogP contribution in [0.25, 0.3) is 11.0 Å². The summed E-state index contributed by atoms with van der Waals surface area (Å²) in [4.78, 5) is 26.8. The van der Waals surface area contributed by atoms with Crippen LogP contribution < -0.4 is 5.32 Å². The van der Waals surface area contributed by atoms with E-state index < -0.39 is 0 Å². The molecule has 26 heavy (non-hydrogen) atoms. The van der Waals surface area contributed by atoms with Gasteiger partial charge in [-0.3, -0.25) is 9.78 Å². The third-order valence-corrected chi connectivity index (χ3v) is 4.57. The highest BCUT2D eigenvalue weighted by Crippen LogP contribution is 2.25. The quantitative estimate of drug-likeness (QED) is 0.583. The lowest BCUT2D eigenvalue weighted by atomic mass is 10.3. The molecule has 0 atom stereocenters. The summed E-state index contributed by atoms with van der Waals surface area (Å²) in [6.45, 7) is 0.227. The Morgan fingerprint density at radius 1 is 1.04 bits per heavy atom. The van der Waals surface area contributed by atoms with E-state index in [-0.39, 0.29) is 18.2 Å². The van der Waals surface area contributed by atoms with Crippen LogP contribution in [-0.2, 0) is 6.54 Å². The largest absolute Gasteiger partial charge is 0.449 e. The van der Waals surface area contributed by atoms with Gasteiger partial charge in [0.15, 0.2) is 11.3 Å². The Morgan fingerprint density at radius 3 is 2.62 bits per heavy atom. The molecule has 0 spiro atoms. The van der Waals surface area contributed by atoms with Gasteiger partial charge < -0.3 is 9.73 Å². The molecule has 1 N–H and O–H groups in total. The third kappa shape index (κ3) is 3.73. The third-order valence-electron chi connectivity index (χ3n) is 3.61. The summed E-state index contributed by atoms with van der Waals surface area (Å²) >= 11 is 1.59. The molecule has 3 heterocycles. The first kappa shape index (κ1) is 16.3. The fourth-order valence-electron chi connectivity index (χ4n) is 2.35. The standard InChI is InChI=1S/C19H14N4O2S/c24-19(16-8-13-6-7-20-11-17(13)25-16)23-12-18-21-9-15(10-22-18)26-14-4-2-1-3-5-14/h1-11H,12H2,(H,23,24). The van der Waals surface area contributed by atoms with Crippen molar-refractivity contribution >= 4 is 28.6 Å². The van der Waals surface area contributed by atoms with Crippen LogP contribution in [0.2, 0.25) is 0 Å². The van der Waals surface area contributed by atoms with E-state index in [4.69, 9.17) is 4.42 Å². The lowest BCUT2D eigenvalue weighted by Gasteiger charge is -2.04. The maximum atomic E-state index is 12.2. The maximum absolute atomic E-state index is 12.2. The Kier molecular flexibility index (Phi) is 4.61. The maximum Gasteiger partial charge on any atom is 0.287 e. The van der Waals surface area contributed by atoms with E-state index in [9.17, 15) is 4.79 Å². The van der Waals surface area contributed by atoms with Crippen molar-refractivity contribution in [2.75, 3.05) is 0 Å². The molecule has 6 nitrogen and oxygen atoms in total. The molecule has 0 bridgehead atoms. The Balaban J connectivity index is 1.37. The number of hydrogen-bond donors (Lipinski definition) is 1. The molecule has 0 unspecified atom stereocenters. The number of pyridine rings is 1. The van der Waals surface area contributed by atoms with Crippen molar-refractivity contribution in [3.8, 4) is 0 Å². The van der Waals surface area contributed by atoms with Gasteiger partial charge in [0.2, 0.25) is 0 Å². The topological polar surface area (TPSA) is 80.9 Å². The Labute approximate surface area is 153 Å². The highest BCUT2D eigenvalue weighted by molar-refractivity contribution is 7.99.